The quantitative estimate of drug-likeness (QED) is 0.623. The van der Waals surface area contributed by atoms with Crippen LogP contribution in [0.5, 0.6) is 0 Å². The standard InChI is InChI=1S/C13H14O4.C7H5O2.V/c14-13(9-4-2-1-3-5-9)17-11-8-16-10-6-7-15-12(10)11;8-7(9)6-4-2-1-3-5-6;/h1-5,10-12H,6-8H2;2-5H,(H,8,9);/q;-1;/t10-,11?,12+;;/m1../s1. The molecule has 2 aliphatic rings. The third-order valence-corrected chi connectivity index (χ3v) is 4.15. The summed E-state index contributed by atoms with van der Waals surface area (Å²) in [6.07, 6.45) is 0.644. The predicted octanol–water partition coefficient (Wildman–Crippen LogP) is 2.58. The molecular weight excluding hydrogens is 387 g/mol. The average molecular weight is 406 g/mol. The van der Waals surface area contributed by atoms with E-state index in [1.165, 1.54) is 12.1 Å². The molecule has 0 bridgehead atoms. The smallest absolute Gasteiger partial charge is 0.338 e. The summed E-state index contributed by atoms with van der Waals surface area (Å²) < 4.78 is 16.5. The molecule has 0 aliphatic carbocycles. The molecule has 2 aromatic carbocycles. The molecule has 141 valence electrons. The summed E-state index contributed by atoms with van der Waals surface area (Å²) in [7, 11) is 0. The maximum absolute atomic E-state index is 11.9. The average Bonchev–Trinajstić information content (AvgIpc) is 3.29. The molecule has 27 heavy (non-hydrogen) atoms. The number of esters is 1. The third-order valence-electron chi connectivity index (χ3n) is 4.15. The zero-order valence-corrected chi connectivity index (χ0v) is 15.9. The fraction of sp³-hybridized carbons (Fsp3) is 0.300. The van der Waals surface area contributed by atoms with Crippen LogP contribution in [-0.4, -0.2) is 48.6 Å². The van der Waals surface area contributed by atoms with Crippen LogP contribution in [0, 0.1) is 6.07 Å². The molecule has 7 heteroatoms. The van der Waals surface area contributed by atoms with Crippen LogP contribution in [-0.2, 0) is 32.8 Å². The van der Waals surface area contributed by atoms with Crippen molar-refractivity contribution in [2.75, 3.05) is 13.2 Å². The predicted molar refractivity (Wildman–Crippen MR) is 92.0 cm³/mol. The Morgan fingerprint density at radius 3 is 2.37 bits per heavy atom. The molecule has 1 radical (unpaired) electrons. The van der Waals surface area contributed by atoms with E-state index in [1.54, 1.807) is 24.3 Å². The molecule has 1 N–H and O–H groups in total. The van der Waals surface area contributed by atoms with Gasteiger partial charge in [-0.1, -0.05) is 18.2 Å². The second kappa shape index (κ2) is 10.3. The summed E-state index contributed by atoms with van der Waals surface area (Å²) in [5.74, 6) is -1.21. The van der Waals surface area contributed by atoms with Gasteiger partial charge in [-0.25, -0.2) is 9.59 Å². The zero-order chi connectivity index (χ0) is 18.4. The van der Waals surface area contributed by atoms with Crippen LogP contribution in [0.15, 0.2) is 54.6 Å². The van der Waals surface area contributed by atoms with Crippen LogP contribution in [0.25, 0.3) is 0 Å². The van der Waals surface area contributed by atoms with Crippen molar-refractivity contribution in [2.45, 2.75) is 24.7 Å². The molecular formula is C20H19O6V-. The van der Waals surface area contributed by atoms with E-state index in [0.29, 0.717) is 24.3 Å². The van der Waals surface area contributed by atoms with E-state index < -0.39 is 5.97 Å². The van der Waals surface area contributed by atoms with Crippen molar-refractivity contribution in [3.8, 4) is 0 Å². The fourth-order valence-corrected chi connectivity index (χ4v) is 2.84. The molecule has 0 saturated carbocycles. The normalized spacial score (nSPS) is 22.6. The molecule has 2 heterocycles. The molecule has 0 spiro atoms. The van der Waals surface area contributed by atoms with Crippen LogP contribution in [0.1, 0.15) is 27.1 Å². The molecule has 2 fully saturated rings. The molecule has 3 atom stereocenters. The summed E-state index contributed by atoms with van der Waals surface area (Å²) >= 11 is 0. The Morgan fingerprint density at radius 1 is 1.04 bits per heavy atom. The minimum absolute atomic E-state index is 0. The first kappa shape index (κ1) is 21.2. The summed E-state index contributed by atoms with van der Waals surface area (Å²) in [6.45, 7) is 1.13. The minimum atomic E-state index is -0.899. The van der Waals surface area contributed by atoms with Crippen molar-refractivity contribution >= 4 is 11.9 Å². The van der Waals surface area contributed by atoms with E-state index in [1.807, 2.05) is 18.2 Å². The van der Waals surface area contributed by atoms with Crippen molar-refractivity contribution < 1.29 is 47.5 Å². The van der Waals surface area contributed by atoms with E-state index in [0.717, 1.165) is 6.42 Å². The molecule has 0 amide bonds. The van der Waals surface area contributed by atoms with Gasteiger partial charge in [0.25, 0.3) is 0 Å². The third kappa shape index (κ3) is 5.68. The number of carbonyl (C=O) groups excluding carboxylic acids is 1. The van der Waals surface area contributed by atoms with Gasteiger partial charge in [-0.15, -0.1) is 0 Å². The van der Waals surface area contributed by atoms with Gasteiger partial charge in [-0.2, -0.15) is 30.3 Å². The van der Waals surface area contributed by atoms with Crippen molar-refractivity contribution in [1.29, 1.82) is 0 Å². The Bertz CT molecular complexity index is 737. The molecule has 4 rings (SSSR count). The van der Waals surface area contributed by atoms with Crippen molar-refractivity contribution in [3.05, 3.63) is 71.8 Å². The molecule has 1 unspecified atom stereocenters. The van der Waals surface area contributed by atoms with Crippen LogP contribution in [0.2, 0.25) is 0 Å². The Hall–Kier alpha value is -2.12. The summed E-state index contributed by atoms with van der Waals surface area (Å²) in [5.41, 5.74) is 0.864. The summed E-state index contributed by atoms with van der Waals surface area (Å²) in [4.78, 5) is 22.0. The number of rotatable bonds is 3. The molecule has 6 nitrogen and oxygen atoms in total. The van der Waals surface area contributed by atoms with Gasteiger partial charge in [0.05, 0.1) is 18.3 Å². The van der Waals surface area contributed by atoms with Gasteiger partial charge in [0.15, 0.2) is 6.10 Å². The Balaban J connectivity index is 0.000000224. The Morgan fingerprint density at radius 2 is 1.74 bits per heavy atom. The minimum Gasteiger partial charge on any atom is -0.479 e. The monoisotopic (exact) mass is 406 g/mol. The van der Waals surface area contributed by atoms with Crippen molar-refractivity contribution in [1.82, 2.24) is 0 Å². The maximum Gasteiger partial charge on any atom is 0.338 e. The number of aromatic carboxylic acids is 1. The zero-order valence-electron chi connectivity index (χ0n) is 14.5. The second-order valence-electron chi connectivity index (χ2n) is 5.90. The van der Waals surface area contributed by atoms with Gasteiger partial charge in [-0.3, -0.25) is 0 Å². The number of hydrogen-bond acceptors (Lipinski definition) is 5. The van der Waals surface area contributed by atoms with Gasteiger partial charge >= 0.3 is 11.9 Å². The Kier molecular flexibility index (Phi) is 8.07. The topological polar surface area (TPSA) is 82.1 Å². The molecule has 0 aromatic heterocycles. The van der Waals surface area contributed by atoms with Gasteiger partial charge in [-0.05, 0) is 24.1 Å². The van der Waals surface area contributed by atoms with Gasteiger partial charge in [0.2, 0.25) is 0 Å². The van der Waals surface area contributed by atoms with Crippen molar-refractivity contribution in [3.63, 3.8) is 0 Å². The first-order valence-corrected chi connectivity index (χ1v) is 8.34. The van der Waals surface area contributed by atoms with Gasteiger partial charge < -0.3 is 19.3 Å². The second-order valence-corrected chi connectivity index (χ2v) is 5.90. The fourth-order valence-electron chi connectivity index (χ4n) is 2.84. The van der Waals surface area contributed by atoms with Gasteiger partial charge in [0.1, 0.15) is 6.10 Å². The van der Waals surface area contributed by atoms with E-state index in [9.17, 15) is 9.59 Å². The number of benzene rings is 2. The largest absolute Gasteiger partial charge is 0.479 e. The van der Waals surface area contributed by atoms with Crippen LogP contribution in [0.3, 0.4) is 0 Å². The maximum atomic E-state index is 11.9. The number of carbonyl (C=O) groups is 2. The number of carboxylic acid groups (broad SMARTS) is 1. The van der Waals surface area contributed by atoms with E-state index >= 15 is 0 Å². The first-order valence-electron chi connectivity index (χ1n) is 8.34. The van der Waals surface area contributed by atoms with E-state index in [2.05, 4.69) is 6.07 Å². The van der Waals surface area contributed by atoms with Crippen LogP contribution >= 0.6 is 0 Å². The number of hydrogen-bond donors (Lipinski definition) is 1. The van der Waals surface area contributed by atoms with Crippen molar-refractivity contribution in [2.24, 2.45) is 0 Å². The van der Waals surface area contributed by atoms with E-state index in [-0.39, 0.29) is 42.8 Å². The number of fused-ring (bicyclic) bond motifs is 1. The Labute approximate surface area is 169 Å². The van der Waals surface area contributed by atoms with Crippen LogP contribution in [0.4, 0.5) is 0 Å². The molecule has 2 aromatic rings. The van der Waals surface area contributed by atoms with E-state index in [4.69, 9.17) is 19.3 Å². The molecule has 2 saturated heterocycles. The number of ether oxygens (including phenoxy) is 3. The first-order chi connectivity index (χ1) is 12.6. The number of carboxylic acids is 1. The SMILES string of the molecule is O=C(O)c1cc[c-]cc1.O=C(OC1CO[C@@H]2CCO[C@H]12)c1ccccc1.[V]. The van der Waals surface area contributed by atoms with Gasteiger partial charge in [0, 0.05) is 25.2 Å². The summed E-state index contributed by atoms with van der Waals surface area (Å²) in [5, 5.41) is 8.37. The van der Waals surface area contributed by atoms with Crippen LogP contribution < -0.4 is 0 Å². The molecule has 2 aliphatic heterocycles. The summed E-state index contributed by atoms with van der Waals surface area (Å²) in [6, 6.07) is 17.9.